The van der Waals surface area contributed by atoms with Gasteiger partial charge < -0.3 is 15.0 Å². The number of hydrogen-bond acceptors (Lipinski definition) is 4. The molecule has 98 valence electrons. The summed E-state index contributed by atoms with van der Waals surface area (Å²) in [4.78, 5) is 10.4. The lowest BCUT2D eigenvalue weighted by Gasteiger charge is -2.00. The Morgan fingerprint density at radius 3 is 3.06 bits per heavy atom. The number of hydrogen-bond donors (Lipinski definition) is 2. The molecule has 2 N–H and O–H groups in total. The highest BCUT2D eigenvalue weighted by Crippen LogP contribution is 2.26. The molecule has 2 aromatic rings. The highest BCUT2D eigenvalue weighted by Gasteiger charge is 2.05. The summed E-state index contributed by atoms with van der Waals surface area (Å²) in [5, 5.41) is 3.27. The topological polar surface area (TPSA) is 49.9 Å². The molecule has 4 nitrogen and oxygen atoms in total. The fourth-order valence-electron chi connectivity index (χ4n) is 1.67. The van der Waals surface area contributed by atoms with Crippen LogP contribution < -0.4 is 5.32 Å². The van der Waals surface area contributed by atoms with Crippen molar-refractivity contribution in [1.29, 1.82) is 0 Å². The van der Waals surface area contributed by atoms with E-state index in [1.807, 2.05) is 17.5 Å². The Kier molecular flexibility index (Phi) is 4.92. The summed E-state index contributed by atoms with van der Waals surface area (Å²) >= 11 is 1.82. The van der Waals surface area contributed by atoms with Crippen LogP contribution in [-0.2, 0) is 17.7 Å². The Morgan fingerprint density at radius 2 is 2.33 bits per heavy atom. The van der Waals surface area contributed by atoms with Crippen LogP contribution in [0.3, 0.4) is 0 Å². The average molecular weight is 265 g/mol. The summed E-state index contributed by atoms with van der Waals surface area (Å²) < 4.78 is 4.98. The number of methoxy groups -OCH3 is 1. The van der Waals surface area contributed by atoms with Crippen LogP contribution in [0.1, 0.15) is 17.6 Å². The molecule has 0 aliphatic heterocycles. The fourth-order valence-corrected chi connectivity index (χ4v) is 2.58. The second-order valence-corrected chi connectivity index (χ2v) is 5.20. The van der Waals surface area contributed by atoms with Crippen molar-refractivity contribution in [3.8, 4) is 10.6 Å². The first-order chi connectivity index (χ1) is 8.83. The van der Waals surface area contributed by atoms with E-state index >= 15 is 0 Å². The molecule has 0 unspecified atom stereocenters. The van der Waals surface area contributed by atoms with Crippen LogP contribution in [0.2, 0.25) is 0 Å². The molecular formula is C13H19N3OS. The Bertz CT molecular complexity index is 478. The Balaban J connectivity index is 1.93. The van der Waals surface area contributed by atoms with Gasteiger partial charge in [0.15, 0.2) is 0 Å². The Labute approximate surface area is 111 Å². The maximum atomic E-state index is 4.98. The molecule has 18 heavy (non-hydrogen) atoms. The number of nitrogens with zero attached hydrogens (tertiary/aromatic N) is 1. The molecule has 0 saturated carbocycles. The van der Waals surface area contributed by atoms with E-state index in [0.29, 0.717) is 0 Å². The monoisotopic (exact) mass is 265 g/mol. The van der Waals surface area contributed by atoms with Crippen molar-refractivity contribution in [2.45, 2.75) is 19.9 Å². The molecule has 0 aliphatic rings. The van der Waals surface area contributed by atoms with Crippen LogP contribution in [-0.4, -0.2) is 30.2 Å². The van der Waals surface area contributed by atoms with Crippen LogP contribution in [0.15, 0.2) is 18.3 Å². The van der Waals surface area contributed by atoms with Crippen LogP contribution in [0.25, 0.3) is 10.6 Å². The molecule has 2 aromatic heterocycles. The number of ether oxygens (including phenoxy) is 1. The molecule has 0 aromatic carbocycles. The van der Waals surface area contributed by atoms with Gasteiger partial charge >= 0.3 is 0 Å². The van der Waals surface area contributed by atoms with Gasteiger partial charge in [-0.1, -0.05) is 6.92 Å². The average Bonchev–Trinajstić information content (AvgIpc) is 3.03. The number of aryl methyl sites for hydroxylation is 1. The molecule has 0 amide bonds. The predicted molar refractivity (Wildman–Crippen MR) is 74.9 cm³/mol. The van der Waals surface area contributed by atoms with Crippen LogP contribution >= 0.6 is 11.3 Å². The number of rotatable bonds is 7. The lowest BCUT2D eigenvalue weighted by molar-refractivity contribution is 0.199. The lowest BCUT2D eigenvalue weighted by atomic mass is 10.3. The van der Waals surface area contributed by atoms with Crippen molar-refractivity contribution >= 4 is 11.3 Å². The lowest BCUT2D eigenvalue weighted by Crippen LogP contribution is -2.19. The molecule has 0 atom stereocenters. The first-order valence-corrected chi connectivity index (χ1v) is 6.97. The third-order valence-electron chi connectivity index (χ3n) is 2.68. The van der Waals surface area contributed by atoms with Gasteiger partial charge in [0.25, 0.3) is 0 Å². The zero-order valence-corrected chi connectivity index (χ0v) is 11.6. The van der Waals surface area contributed by atoms with Gasteiger partial charge in [-0.25, -0.2) is 4.98 Å². The van der Waals surface area contributed by atoms with Crippen molar-refractivity contribution in [3.05, 3.63) is 29.0 Å². The SMILES string of the molecule is CCc1ccc(-c2cnc(CNCCOC)[nH]2)s1. The zero-order valence-electron chi connectivity index (χ0n) is 10.8. The second kappa shape index (κ2) is 6.68. The minimum atomic E-state index is 0.721. The van der Waals surface area contributed by atoms with E-state index in [4.69, 9.17) is 4.74 Å². The largest absolute Gasteiger partial charge is 0.383 e. The van der Waals surface area contributed by atoms with Crippen molar-refractivity contribution in [1.82, 2.24) is 15.3 Å². The van der Waals surface area contributed by atoms with E-state index in [2.05, 4.69) is 34.3 Å². The van der Waals surface area contributed by atoms with E-state index in [1.54, 1.807) is 7.11 Å². The van der Waals surface area contributed by atoms with Crippen LogP contribution in [0.4, 0.5) is 0 Å². The van der Waals surface area contributed by atoms with Crippen LogP contribution in [0.5, 0.6) is 0 Å². The molecule has 2 rings (SSSR count). The van der Waals surface area contributed by atoms with Crippen molar-refractivity contribution in [2.75, 3.05) is 20.3 Å². The van der Waals surface area contributed by atoms with Crippen LogP contribution in [0, 0.1) is 0 Å². The van der Waals surface area contributed by atoms with E-state index in [0.717, 1.165) is 37.6 Å². The smallest absolute Gasteiger partial charge is 0.120 e. The van der Waals surface area contributed by atoms with Crippen molar-refractivity contribution in [3.63, 3.8) is 0 Å². The first-order valence-electron chi connectivity index (χ1n) is 6.16. The molecule has 0 spiro atoms. The van der Waals surface area contributed by atoms with Gasteiger partial charge in [0, 0.05) is 18.5 Å². The predicted octanol–water partition coefficient (Wildman–Crippen LogP) is 2.44. The van der Waals surface area contributed by atoms with Gasteiger partial charge in [0.05, 0.1) is 29.9 Å². The van der Waals surface area contributed by atoms with Gasteiger partial charge in [0.1, 0.15) is 5.82 Å². The van der Waals surface area contributed by atoms with Gasteiger partial charge in [-0.15, -0.1) is 11.3 Å². The summed E-state index contributed by atoms with van der Waals surface area (Å²) in [6, 6.07) is 4.33. The van der Waals surface area contributed by atoms with Crippen molar-refractivity contribution in [2.24, 2.45) is 0 Å². The standard InChI is InChI=1S/C13H19N3OS/c1-3-10-4-5-12(18-10)11-8-15-13(16-11)9-14-6-7-17-2/h4-5,8,14H,3,6-7,9H2,1-2H3,(H,15,16). The quantitative estimate of drug-likeness (QED) is 0.756. The molecule has 0 aliphatic carbocycles. The van der Waals surface area contributed by atoms with Crippen molar-refractivity contribution < 1.29 is 4.74 Å². The number of H-pyrrole nitrogens is 1. The van der Waals surface area contributed by atoms with Gasteiger partial charge in [-0.2, -0.15) is 0 Å². The van der Waals surface area contributed by atoms with E-state index < -0.39 is 0 Å². The zero-order chi connectivity index (χ0) is 12.8. The van der Waals surface area contributed by atoms with Gasteiger partial charge in [0.2, 0.25) is 0 Å². The molecule has 0 fully saturated rings. The maximum Gasteiger partial charge on any atom is 0.120 e. The normalized spacial score (nSPS) is 11.0. The van der Waals surface area contributed by atoms with E-state index in [9.17, 15) is 0 Å². The molecule has 5 heteroatoms. The number of thiophene rings is 1. The van der Waals surface area contributed by atoms with E-state index in [-0.39, 0.29) is 0 Å². The summed E-state index contributed by atoms with van der Waals surface area (Å²) in [6.45, 7) is 4.48. The summed E-state index contributed by atoms with van der Waals surface area (Å²) in [5.41, 5.74) is 1.10. The summed E-state index contributed by atoms with van der Waals surface area (Å²) in [6.07, 6.45) is 2.99. The second-order valence-electron chi connectivity index (χ2n) is 4.03. The highest BCUT2D eigenvalue weighted by molar-refractivity contribution is 7.15. The fraction of sp³-hybridized carbons (Fsp3) is 0.462. The number of aromatic nitrogens is 2. The third-order valence-corrected chi connectivity index (χ3v) is 3.94. The maximum absolute atomic E-state index is 4.98. The number of aromatic amines is 1. The van der Waals surface area contributed by atoms with E-state index in [1.165, 1.54) is 9.75 Å². The molecular weight excluding hydrogens is 246 g/mol. The highest BCUT2D eigenvalue weighted by atomic mass is 32.1. The third kappa shape index (κ3) is 3.41. The molecule has 2 heterocycles. The molecule has 0 saturated heterocycles. The minimum Gasteiger partial charge on any atom is -0.383 e. The Hall–Kier alpha value is -1.17. The molecule has 0 bridgehead atoms. The number of nitrogens with one attached hydrogen (secondary N) is 2. The van der Waals surface area contributed by atoms with Gasteiger partial charge in [-0.05, 0) is 18.6 Å². The first kappa shape index (κ1) is 13.3. The minimum absolute atomic E-state index is 0.721. The summed E-state index contributed by atoms with van der Waals surface area (Å²) in [7, 11) is 1.70. The summed E-state index contributed by atoms with van der Waals surface area (Å²) in [5.74, 6) is 0.965. The van der Waals surface area contributed by atoms with Gasteiger partial charge in [-0.3, -0.25) is 0 Å². The molecule has 0 radical (unpaired) electrons. The Morgan fingerprint density at radius 1 is 1.44 bits per heavy atom. The number of imidazole rings is 1.